The van der Waals surface area contributed by atoms with E-state index in [0.717, 1.165) is 5.56 Å². The molecule has 3 amide bonds. The van der Waals surface area contributed by atoms with Crippen molar-refractivity contribution in [3.05, 3.63) is 59.7 Å². The third kappa shape index (κ3) is 8.77. The molecule has 0 bridgehead atoms. The Hall–Kier alpha value is -3.35. The second kappa shape index (κ2) is 10.4. The van der Waals surface area contributed by atoms with Crippen molar-refractivity contribution >= 4 is 29.3 Å². The van der Waals surface area contributed by atoms with Crippen LogP contribution in [-0.2, 0) is 20.7 Å². The predicted molar refractivity (Wildman–Crippen MR) is 117 cm³/mol. The Balaban J connectivity index is 1.74. The van der Waals surface area contributed by atoms with Crippen LogP contribution in [-0.4, -0.2) is 30.1 Å². The second-order valence-corrected chi connectivity index (χ2v) is 8.01. The summed E-state index contributed by atoms with van der Waals surface area (Å²) in [5, 5.41) is 7.91. The number of hydrogen-bond donors (Lipinski definition) is 3. The smallest absolute Gasteiger partial charge is 0.408 e. The summed E-state index contributed by atoms with van der Waals surface area (Å²) in [7, 11) is 0. The van der Waals surface area contributed by atoms with Gasteiger partial charge in [0.1, 0.15) is 12.1 Å². The lowest BCUT2D eigenvalue weighted by Gasteiger charge is -2.19. The van der Waals surface area contributed by atoms with Gasteiger partial charge in [0.15, 0.2) is 0 Å². The van der Waals surface area contributed by atoms with Gasteiger partial charge in [0, 0.05) is 17.8 Å². The zero-order chi connectivity index (χ0) is 22.1. The van der Waals surface area contributed by atoms with E-state index in [1.807, 2.05) is 31.2 Å². The Labute approximate surface area is 177 Å². The molecule has 0 heterocycles. The first-order chi connectivity index (χ1) is 14.1. The van der Waals surface area contributed by atoms with Gasteiger partial charge in [-0.05, 0) is 63.9 Å². The summed E-state index contributed by atoms with van der Waals surface area (Å²) >= 11 is 0. The number of alkyl carbamates (subject to hydrolysis) is 1. The fourth-order valence-electron chi connectivity index (χ4n) is 2.54. The number of carbonyl (C=O) groups is 3. The van der Waals surface area contributed by atoms with Crippen LogP contribution in [0, 0.1) is 6.92 Å². The molecule has 2 aromatic rings. The molecule has 0 spiro atoms. The summed E-state index contributed by atoms with van der Waals surface area (Å²) in [4.78, 5) is 35.6. The highest BCUT2D eigenvalue weighted by Gasteiger charge is 2.16. The molecule has 0 aliphatic carbocycles. The van der Waals surface area contributed by atoms with Gasteiger partial charge in [-0.1, -0.05) is 29.8 Å². The highest BCUT2D eigenvalue weighted by molar-refractivity contribution is 5.94. The quantitative estimate of drug-likeness (QED) is 0.641. The molecule has 0 saturated heterocycles. The van der Waals surface area contributed by atoms with Crippen LogP contribution in [0.5, 0.6) is 0 Å². The first-order valence-electron chi connectivity index (χ1n) is 9.83. The first-order valence-corrected chi connectivity index (χ1v) is 9.83. The highest BCUT2D eigenvalue weighted by atomic mass is 16.6. The zero-order valence-corrected chi connectivity index (χ0v) is 17.9. The third-order valence-corrected chi connectivity index (χ3v) is 4.01. The van der Waals surface area contributed by atoms with E-state index in [9.17, 15) is 14.4 Å². The van der Waals surface area contributed by atoms with Gasteiger partial charge in [0.2, 0.25) is 11.8 Å². The molecule has 0 atom stereocenters. The lowest BCUT2D eigenvalue weighted by Crippen LogP contribution is -2.37. The van der Waals surface area contributed by atoms with Gasteiger partial charge in [0.25, 0.3) is 0 Å². The normalized spacial score (nSPS) is 10.8. The summed E-state index contributed by atoms with van der Waals surface area (Å²) in [6.45, 7) is 7.06. The molecule has 0 radical (unpaired) electrons. The molecule has 7 nitrogen and oxygen atoms in total. The number of ether oxygens (including phenoxy) is 1. The van der Waals surface area contributed by atoms with E-state index in [-0.39, 0.29) is 18.4 Å². The maximum atomic E-state index is 12.1. The van der Waals surface area contributed by atoms with E-state index >= 15 is 0 Å². The molecular weight excluding hydrogens is 382 g/mol. The Kier molecular flexibility index (Phi) is 7.98. The van der Waals surface area contributed by atoms with Crippen molar-refractivity contribution in [3.63, 3.8) is 0 Å². The van der Waals surface area contributed by atoms with Gasteiger partial charge >= 0.3 is 6.09 Å². The molecule has 2 aromatic carbocycles. The van der Waals surface area contributed by atoms with Crippen molar-refractivity contribution in [2.75, 3.05) is 17.2 Å². The average Bonchev–Trinajstić information content (AvgIpc) is 2.66. The van der Waals surface area contributed by atoms with Gasteiger partial charge in [-0.25, -0.2) is 4.79 Å². The van der Waals surface area contributed by atoms with Crippen molar-refractivity contribution in [2.45, 2.75) is 46.1 Å². The monoisotopic (exact) mass is 411 g/mol. The summed E-state index contributed by atoms with van der Waals surface area (Å²) < 4.78 is 5.07. The lowest BCUT2D eigenvalue weighted by molar-refractivity contribution is -0.116. The molecule has 160 valence electrons. The van der Waals surface area contributed by atoms with Crippen molar-refractivity contribution in [1.82, 2.24) is 5.32 Å². The van der Waals surface area contributed by atoms with Crippen LogP contribution in [0.15, 0.2) is 48.5 Å². The molecule has 3 N–H and O–H groups in total. The summed E-state index contributed by atoms with van der Waals surface area (Å²) in [5.74, 6) is -0.454. The van der Waals surface area contributed by atoms with E-state index in [2.05, 4.69) is 16.0 Å². The topological polar surface area (TPSA) is 96.5 Å². The first kappa shape index (κ1) is 22.9. The number of amides is 3. The van der Waals surface area contributed by atoms with Crippen LogP contribution in [0.25, 0.3) is 0 Å². The third-order valence-electron chi connectivity index (χ3n) is 4.01. The van der Waals surface area contributed by atoms with Gasteiger partial charge in [0.05, 0.1) is 0 Å². The molecule has 2 rings (SSSR count). The fourth-order valence-corrected chi connectivity index (χ4v) is 2.54. The number of anilines is 2. The van der Waals surface area contributed by atoms with E-state index in [1.54, 1.807) is 45.0 Å². The minimum Gasteiger partial charge on any atom is -0.444 e. The van der Waals surface area contributed by atoms with E-state index in [1.165, 1.54) is 5.56 Å². The molecule has 0 aliphatic rings. The van der Waals surface area contributed by atoms with Crippen LogP contribution >= 0.6 is 0 Å². The summed E-state index contributed by atoms with van der Waals surface area (Å²) in [6.07, 6.45) is 0.407. The number of nitrogens with one attached hydrogen (secondary N) is 3. The van der Waals surface area contributed by atoms with E-state index in [4.69, 9.17) is 4.74 Å². The van der Waals surface area contributed by atoms with Crippen molar-refractivity contribution in [2.24, 2.45) is 0 Å². The van der Waals surface area contributed by atoms with Gasteiger partial charge in [-0.15, -0.1) is 0 Å². The SMILES string of the molecule is Cc1ccc(CCC(=O)Nc2ccc(NC(=O)CNC(=O)OC(C)(C)C)cc2)cc1. The van der Waals surface area contributed by atoms with Crippen LogP contribution in [0.2, 0.25) is 0 Å². The maximum Gasteiger partial charge on any atom is 0.408 e. The summed E-state index contributed by atoms with van der Waals surface area (Å²) in [6, 6.07) is 14.9. The minimum absolute atomic E-state index is 0.0751. The molecule has 0 fully saturated rings. The molecule has 30 heavy (non-hydrogen) atoms. The van der Waals surface area contributed by atoms with Gasteiger partial charge in [-0.3, -0.25) is 9.59 Å². The lowest BCUT2D eigenvalue weighted by atomic mass is 10.1. The number of rotatable bonds is 7. The van der Waals surface area contributed by atoms with Crippen molar-refractivity contribution < 1.29 is 19.1 Å². The van der Waals surface area contributed by atoms with E-state index in [0.29, 0.717) is 24.2 Å². The number of hydrogen-bond acceptors (Lipinski definition) is 4. The molecule has 0 aromatic heterocycles. The second-order valence-electron chi connectivity index (χ2n) is 8.01. The molecule has 0 unspecified atom stereocenters. The molecule has 0 saturated carbocycles. The van der Waals surface area contributed by atoms with Crippen LogP contribution < -0.4 is 16.0 Å². The fraction of sp³-hybridized carbons (Fsp3) is 0.348. The predicted octanol–water partition coefficient (Wildman–Crippen LogP) is 4.03. The van der Waals surface area contributed by atoms with Crippen LogP contribution in [0.4, 0.5) is 16.2 Å². The molecule has 7 heteroatoms. The van der Waals surface area contributed by atoms with Crippen LogP contribution in [0.3, 0.4) is 0 Å². The highest BCUT2D eigenvalue weighted by Crippen LogP contribution is 2.14. The molecular formula is C23H29N3O4. The summed E-state index contributed by atoms with van der Waals surface area (Å²) in [5.41, 5.74) is 2.89. The Morgan fingerprint density at radius 3 is 1.90 bits per heavy atom. The van der Waals surface area contributed by atoms with Crippen molar-refractivity contribution in [1.29, 1.82) is 0 Å². The number of aryl methyl sites for hydroxylation is 2. The Bertz CT molecular complexity index is 869. The number of benzene rings is 2. The van der Waals surface area contributed by atoms with E-state index < -0.39 is 11.7 Å². The largest absolute Gasteiger partial charge is 0.444 e. The average molecular weight is 412 g/mol. The number of carbonyl (C=O) groups excluding carboxylic acids is 3. The van der Waals surface area contributed by atoms with Gasteiger partial charge in [-0.2, -0.15) is 0 Å². The maximum absolute atomic E-state index is 12.1. The van der Waals surface area contributed by atoms with Crippen molar-refractivity contribution in [3.8, 4) is 0 Å². The zero-order valence-electron chi connectivity index (χ0n) is 17.9. The van der Waals surface area contributed by atoms with Gasteiger partial charge < -0.3 is 20.7 Å². The minimum atomic E-state index is -0.652. The Morgan fingerprint density at radius 2 is 1.37 bits per heavy atom. The standard InChI is InChI=1S/C23H29N3O4/c1-16-5-7-17(8-6-16)9-14-20(27)25-18-10-12-19(13-11-18)26-21(28)15-24-22(29)30-23(2,3)4/h5-8,10-13H,9,14-15H2,1-4H3,(H,24,29)(H,25,27)(H,26,28). The van der Waals surface area contributed by atoms with Crippen LogP contribution in [0.1, 0.15) is 38.3 Å². The Morgan fingerprint density at radius 1 is 0.833 bits per heavy atom. The molecule has 0 aliphatic heterocycles.